The molecule has 1 saturated heterocycles. The third-order valence-corrected chi connectivity index (χ3v) is 8.32. The Balaban J connectivity index is 1.44. The summed E-state index contributed by atoms with van der Waals surface area (Å²) in [5.41, 5.74) is 0.562. The SMILES string of the molecule is Cc1nc(S(=O)(=O)N2CCCC(NC(=O)[C@H](CC(C)C)NC(=O)c3cc4ccccc4o3)C(=O)C2)cn1C. The summed E-state index contributed by atoms with van der Waals surface area (Å²) in [7, 11) is -2.27. The van der Waals surface area contributed by atoms with Crippen LogP contribution in [-0.2, 0) is 26.7 Å². The first-order valence-corrected chi connectivity index (χ1v) is 14.0. The average Bonchev–Trinajstić information content (AvgIpc) is 3.39. The maximum absolute atomic E-state index is 13.2. The Morgan fingerprint density at radius 2 is 1.97 bits per heavy atom. The maximum Gasteiger partial charge on any atom is 0.287 e. The van der Waals surface area contributed by atoms with E-state index in [9.17, 15) is 22.8 Å². The van der Waals surface area contributed by atoms with Crippen LogP contribution < -0.4 is 10.6 Å². The molecular formula is C26H33N5O6S. The van der Waals surface area contributed by atoms with Gasteiger partial charge in [-0.3, -0.25) is 14.4 Å². The molecule has 3 heterocycles. The van der Waals surface area contributed by atoms with Gasteiger partial charge < -0.3 is 19.6 Å². The molecule has 0 saturated carbocycles. The lowest BCUT2D eigenvalue weighted by atomic mass is 10.0. The molecule has 1 unspecified atom stereocenters. The minimum absolute atomic E-state index is 0.0778. The van der Waals surface area contributed by atoms with Crippen molar-refractivity contribution >= 4 is 38.6 Å². The lowest BCUT2D eigenvalue weighted by Gasteiger charge is -2.23. The number of rotatable bonds is 8. The van der Waals surface area contributed by atoms with Gasteiger partial charge >= 0.3 is 0 Å². The molecule has 0 spiro atoms. The van der Waals surface area contributed by atoms with Gasteiger partial charge in [-0.1, -0.05) is 32.0 Å². The van der Waals surface area contributed by atoms with Crippen LogP contribution in [0.5, 0.6) is 0 Å². The van der Waals surface area contributed by atoms with E-state index in [0.717, 1.165) is 9.69 Å². The monoisotopic (exact) mass is 543 g/mol. The predicted molar refractivity (Wildman–Crippen MR) is 140 cm³/mol. The summed E-state index contributed by atoms with van der Waals surface area (Å²) in [4.78, 5) is 43.3. The Morgan fingerprint density at radius 1 is 1.24 bits per heavy atom. The Labute approximate surface area is 221 Å². The first-order valence-electron chi connectivity index (χ1n) is 12.6. The molecule has 4 rings (SSSR count). The number of nitrogens with zero attached hydrogens (tertiary/aromatic N) is 3. The molecule has 38 heavy (non-hydrogen) atoms. The number of fused-ring (bicyclic) bond motifs is 1. The second-order valence-electron chi connectivity index (χ2n) is 10.0. The molecule has 1 aromatic carbocycles. The molecule has 0 bridgehead atoms. The molecule has 2 aromatic heterocycles. The number of carbonyl (C=O) groups excluding carboxylic acids is 3. The van der Waals surface area contributed by atoms with Gasteiger partial charge in [0.05, 0.1) is 12.6 Å². The summed E-state index contributed by atoms with van der Waals surface area (Å²) in [6.07, 6.45) is 2.42. The van der Waals surface area contributed by atoms with Gasteiger partial charge in [0.1, 0.15) is 17.4 Å². The number of benzene rings is 1. The van der Waals surface area contributed by atoms with Crippen LogP contribution in [0.25, 0.3) is 11.0 Å². The Kier molecular flexibility index (Phi) is 8.02. The number of hydrogen-bond acceptors (Lipinski definition) is 7. The summed E-state index contributed by atoms with van der Waals surface area (Å²) in [5, 5.41) is 6.14. The molecule has 2 N–H and O–H groups in total. The minimum atomic E-state index is -3.96. The second-order valence-corrected chi connectivity index (χ2v) is 11.9. The number of sulfonamides is 1. The Morgan fingerprint density at radius 3 is 2.63 bits per heavy atom. The number of imidazole rings is 1. The van der Waals surface area contributed by atoms with Crippen molar-refractivity contribution in [3.8, 4) is 0 Å². The molecule has 0 radical (unpaired) electrons. The van der Waals surface area contributed by atoms with E-state index < -0.39 is 39.7 Å². The van der Waals surface area contributed by atoms with E-state index >= 15 is 0 Å². The van der Waals surface area contributed by atoms with E-state index in [-0.39, 0.29) is 36.2 Å². The highest BCUT2D eigenvalue weighted by Gasteiger charge is 2.35. The van der Waals surface area contributed by atoms with E-state index in [4.69, 9.17) is 4.42 Å². The van der Waals surface area contributed by atoms with Crippen LogP contribution in [0.1, 0.15) is 49.5 Å². The highest BCUT2D eigenvalue weighted by molar-refractivity contribution is 7.89. The number of hydrogen-bond donors (Lipinski definition) is 2. The fourth-order valence-corrected chi connectivity index (χ4v) is 5.90. The lowest BCUT2D eigenvalue weighted by molar-refractivity contribution is -0.129. The highest BCUT2D eigenvalue weighted by atomic mass is 32.2. The van der Waals surface area contributed by atoms with Crippen LogP contribution in [0, 0.1) is 12.8 Å². The maximum atomic E-state index is 13.2. The molecule has 12 heteroatoms. The van der Waals surface area contributed by atoms with Crippen LogP contribution in [0.3, 0.4) is 0 Å². The molecule has 2 atom stereocenters. The Hall–Kier alpha value is -3.51. The van der Waals surface area contributed by atoms with Crippen molar-refractivity contribution in [1.82, 2.24) is 24.5 Å². The molecule has 11 nitrogen and oxygen atoms in total. The van der Waals surface area contributed by atoms with Crippen molar-refractivity contribution in [3.05, 3.63) is 48.1 Å². The molecule has 0 aliphatic carbocycles. The zero-order valence-electron chi connectivity index (χ0n) is 21.9. The third-order valence-electron chi connectivity index (χ3n) is 6.61. The van der Waals surface area contributed by atoms with Crippen molar-refractivity contribution in [2.75, 3.05) is 13.1 Å². The number of amides is 2. The number of aryl methyl sites for hydroxylation is 2. The Bertz CT molecular complexity index is 1410. The van der Waals surface area contributed by atoms with E-state index in [0.29, 0.717) is 24.2 Å². The number of aromatic nitrogens is 2. The number of Topliss-reactive ketones (excluding diaryl/α,β-unsaturated/α-hetero) is 1. The summed E-state index contributed by atoms with van der Waals surface area (Å²) in [6.45, 7) is 5.30. The molecule has 1 aliphatic rings. The molecule has 3 aromatic rings. The van der Waals surface area contributed by atoms with E-state index in [1.165, 1.54) is 6.20 Å². The van der Waals surface area contributed by atoms with Gasteiger partial charge in [-0.2, -0.15) is 4.31 Å². The zero-order valence-corrected chi connectivity index (χ0v) is 22.7. The molecular weight excluding hydrogens is 510 g/mol. The van der Waals surface area contributed by atoms with Gasteiger partial charge in [-0.25, -0.2) is 13.4 Å². The van der Waals surface area contributed by atoms with Crippen LogP contribution in [0.4, 0.5) is 0 Å². The lowest BCUT2D eigenvalue weighted by Crippen LogP contribution is -2.52. The largest absolute Gasteiger partial charge is 0.451 e. The topological polar surface area (TPSA) is 144 Å². The highest BCUT2D eigenvalue weighted by Crippen LogP contribution is 2.21. The molecule has 2 amide bonds. The van der Waals surface area contributed by atoms with Crippen LogP contribution >= 0.6 is 0 Å². The first-order chi connectivity index (χ1) is 18.0. The smallest absolute Gasteiger partial charge is 0.287 e. The van der Waals surface area contributed by atoms with Gasteiger partial charge in [0.25, 0.3) is 15.9 Å². The number of para-hydroxylation sites is 1. The van der Waals surface area contributed by atoms with Crippen molar-refractivity contribution in [2.45, 2.75) is 57.1 Å². The van der Waals surface area contributed by atoms with Crippen LogP contribution in [0.2, 0.25) is 0 Å². The normalized spacial score (nSPS) is 17.9. The van der Waals surface area contributed by atoms with E-state index in [1.54, 1.807) is 36.7 Å². The molecule has 1 fully saturated rings. The molecule has 1 aliphatic heterocycles. The second kappa shape index (κ2) is 11.1. The van der Waals surface area contributed by atoms with Gasteiger partial charge in [-0.15, -0.1) is 0 Å². The number of carbonyl (C=O) groups is 3. The van der Waals surface area contributed by atoms with Crippen LogP contribution in [-0.4, -0.2) is 65.0 Å². The summed E-state index contributed by atoms with van der Waals surface area (Å²) >= 11 is 0. The predicted octanol–water partition coefficient (Wildman–Crippen LogP) is 2.16. The van der Waals surface area contributed by atoms with Crippen molar-refractivity contribution in [3.63, 3.8) is 0 Å². The fourth-order valence-electron chi connectivity index (χ4n) is 4.43. The van der Waals surface area contributed by atoms with Crippen molar-refractivity contribution in [2.24, 2.45) is 13.0 Å². The van der Waals surface area contributed by atoms with E-state index in [1.807, 2.05) is 26.0 Å². The average molecular weight is 544 g/mol. The summed E-state index contributed by atoms with van der Waals surface area (Å²) < 4.78 is 34.5. The summed E-state index contributed by atoms with van der Waals surface area (Å²) in [5.74, 6) is -0.747. The summed E-state index contributed by atoms with van der Waals surface area (Å²) in [6, 6.07) is 7.05. The van der Waals surface area contributed by atoms with Gasteiger partial charge in [0, 0.05) is 25.2 Å². The zero-order chi connectivity index (χ0) is 27.6. The van der Waals surface area contributed by atoms with Gasteiger partial charge in [0.2, 0.25) is 5.91 Å². The fraction of sp³-hybridized carbons (Fsp3) is 0.462. The minimum Gasteiger partial charge on any atom is -0.451 e. The third kappa shape index (κ3) is 5.97. The molecule has 204 valence electrons. The quantitative estimate of drug-likeness (QED) is 0.443. The standard InChI is InChI=1S/C26H33N5O6S/c1-16(2)12-20(29-26(34)23-13-18-8-5-6-10-22(18)37-23)25(33)28-19-9-7-11-31(14-21(19)32)38(35,36)24-15-30(4)17(3)27-24/h5-6,8,10,13,15-16,19-20H,7,9,11-12,14H2,1-4H3,(H,28,33)(H,29,34)/t19?,20-/m0/s1. The van der Waals surface area contributed by atoms with Gasteiger partial charge in [-0.05, 0) is 44.2 Å². The van der Waals surface area contributed by atoms with Gasteiger partial charge in [0.15, 0.2) is 16.6 Å². The van der Waals surface area contributed by atoms with Crippen LogP contribution in [0.15, 0.2) is 46.0 Å². The van der Waals surface area contributed by atoms with E-state index in [2.05, 4.69) is 15.6 Å². The number of ketones is 1. The van der Waals surface area contributed by atoms with Crippen molar-refractivity contribution in [1.29, 1.82) is 0 Å². The number of nitrogens with one attached hydrogen (secondary N) is 2. The first kappa shape index (κ1) is 27.5. The number of furan rings is 1. The van der Waals surface area contributed by atoms with Crippen molar-refractivity contribution < 1.29 is 27.2 Å².